The molecule has 6 heteroatoms. The molecular formula is C19H14F2N2OS. The van der Waals surface area contributed by atoms with Crippen molar-refractivity contribution in [1.82, 2.24) is 9.88 Å². The van der Waals surface area contributed by atoms with Crippen LogP contribution in [0.25, 0.3) is 10.9 Å². The Labute approximate surface area is 147 Å². The van der Waals surface area contributed by atoms with Crippen molar-refractivity contribution in [3.63, 3.8) is 0 Å². The zero-order valence-electron chi connectivity index (χ0n) is 13.2. The molecule has 1 aliphatic heterocycles. The van der Waals surface area contributed by atoms with Crippen LogP contribution >= 0.6 is 11.8 Å². The van der Waals surface area contributed by atoms with Crippen molar-refractivity contribution in [2.75, 3.05) is 5.75 Å². The van der Waals surface area contributed by atoms with Gasteiger partial charge in [0.1, 0.15) is 5.37 Å². The molecule has 1 amide bonds. The Kier molecular flexibility index (Phi) is 4.13. The number of nitrogens with zero attached hydrogens (tertiary/aromatic N) is 2. The van der Waals surface area contributed by atoms with E-state index in [1.165, 1.54) is 17.8 Å². The van der Waals surface area contributed by atoms with Gasteiger partial charge in [-0.25, -0.2) is 8.78 Å². The minimum atomic E-state index is -0.900. The lowest BCUT2D eigenvalue weighted by Gasteiger charge is -2.25. The molecule has 0 bridgehead atoms. The second kappa shape index (κ2) is 6.44. The predicted octanol–water partition coefficient (Wildman–Crippen LogP) is 4.29. The Balaban J connectivity index is 1.71. The lowest BCUT2D eigenvalue weighted by molar-refractivity contribution is -0.128. The highest BCUT2D eigenvalue weighted by Gasteiger charge is 2.33. The van der Waals surface area contributed by atoms with Gasteiger partial charge >= 0.3 is 0 Å². The molecule has 0 spiro atoms. The first-order valence-electron chi connectivity index (χ1n) is 7.82. The molecule has 1 unspecified atom stereocenters. The number of thioether (sulfide) groups is 1. The third-order valence-corrected chi connectivity index (χ3v) is 5.49. The van der Waals surface area contributed by atoms with E-state index in [-0.39, 0.29) is 17.8 Å². The van der Waals surface area contributed by atoms with Crippen molar-refractivity contribution in [2.45, 2.75) is 11.9 Å². The van der Waals surface area contributed by atoms with Crippen LogP contribution in [-0.2, 0) is 11.3 Å². The summed E-state index contributed by atoms with van der Waals surface area (Å²) in [6.45, 7) is 0.240. The Morgan fingerprint density at radius 3 is 2.80 bits per heavy atom. The van der Waals surface area contributed by atoms with Gasteiger partial charge in [0.25, 0.3) is 0 Å². The van der Waals surface area contributed by atoms with Crippen LogP contribution in [0.5, 0.6) is 0 Å². The topological polar surface area (TPSA) is 33.2 Å². The second-order valence-electron chi connectivity index (χ2n) is 5.85. The van der Waals surface area contributed by atoms with Gasteiger partial charge in [-0.3, -0.25) is 9.78 Å². The van der Waals surface area contributed by atoms with E-state index in [4.69, 9.17) is 0 Å². The maximum absolute atomic E-state index is 13.5. The fraction of sp³-hybridized carbons (Fsp3) is 0.158. The second-order valence-corrected chi connectivity index (χ2v) is 6.92. The number of carbonyl (C=O) groups is 1. The standard InChI is InChI=1S/C19H14F2N2OS/c20-15-6-5-12(9-16(15)21)10-23-18(24)11-25-19(23)14-7-8-22-17-4-2-1-3-13(14)17/h1-9,19H,10-11H2. The molecule has 1 fully saturated rings. The van der Waals surface area contributed by atoms with Crippen LogP contribution < -0.4 is 0 Å². The summed E-state index contributed by atoms with van der Waals surface area (Å²) >= 11 is 1.53. The lowest BCUT2D eigenvalue weighted by atomic mass is 10.1. The Morgan fingerprint density at radius 2 is 1.96 bits per heavy atom. The first-order chi connectivity index (χ1) is 12.1. The number of halogens is 2. The number of rotatable bonds is 3. The molecule has 0 aliphatic carbocycles. The van der Waals surface area contributed by atoms with E-state index in [0.29, 0.717) is 11.3 Å². The van der Waals surface area contributed by atoms with Crippen molar-refractivity contribution in [3.8, 4) is 0 Å². The summed E-state index contributed by atoms with van der Waals surface area (Å²) < 4.78 is 26.6. The Morgan fingerprint density at radius 1 is 1.12 bits per heavy atom. The van der Waals surface area contributed by atoms with Gasteiger partial charge < -0.3 is 4.90 Å². The van der Waals surface area contributed by atoms with Crippen LogP contribution in [0.1, 0.15) is 16.5 Å². The SMILES string of the molecule is O=C1CSC(c2ccnc3ccccc23)N1Cc1ccc(F)c(F)c1. The average molecular weight is 356 g/mol. The number of benzene rings is 2. The van der Waals surface area contributed by atoms with Gasteiger partial charge in [0.15, 0.2) is 11.6 Å². The fourth-order valence-corrected chi connectivity index (χ4v) is 4.27. The summed E-state index contributed by atoms with van der Waals surface area (Å²) in [6, 6.07) is 13.4. The van der Waals surface area contributed by atoms with Crippen molar-refractivity contribution in [1.29, 1.82) is 0 Å². The van der Waals surface area contributed by atoms with Gasteiger partial charge in [-0.15, -0.1) is 11.8 Å². The number of aromatic nitrogens is 1. The highest BCUT2D eigenvalue weighted by atomic mass is 32.2. The molecule has 3 nitrogen and oxygen atoms in total. The van der Waals surface area contributed by atoms with E-state index >= 15 is 0 Å². The maximum Gasteiger partial charge on any atom is 0.234 e. The van der Waals surface area contributed by atoms with E-state index in [2.05, 4.69) is 4.98 Å². The van der Waals surface area contributed by atoms with E-state index in [1.807, 2.05) is 30.3 Å². The summed E-state index contributed by atoms with van der Waals surface area (Å²) in [5.41, 5.74) is 2.44. The molecule has 2 heterocycles. The molecule has 0 saturated carbocycles. The average Bonchev–Trinajstić information content (AvgIpc) is 2.98. The molecule has 1 aliphatic rings. The van der Waals surface area contributed by atoms with Crippen LogP contribution in [0, 0.1) is 11.6 Å². The number of pyridine rings is 1. The predicted molar refractivity (Wildman–Crippen MR) is 93.9 cm³/mol. The van der Waals surface area contributed by atoms with Crippen LogP contribution in [0.3, 0.4) is 0 Å². The number of para-hydroxylation sites is 1. The molecule has 4 rings (SSSR count). The number of hydrogen-bond donors (Lipinski definition) is 0. The molecular weight excluding hydrogens is 342 g/mol. The Bertz CT molecular complexity index is 958. The number of hydrogen-bond acceptors (Lipinski definition) is 3. The van der Waals surface area contributed by atoms with Crippen LogP contribution in [-0.4, -0.2) is 21.5 Å². The van der Waals surface area contributed by atoms with E-state index in [0.717, 1.165) is 28.6 Å². The third kappa shape index (κ3) is 2.98. The van der Waals surface area contributed by atoms with Gasteiger partial charge in [-0.05, 0) is 35.4 Å². The van der Waals surface area contributed by atoms with E-state index in [9.17, 15) is 13.6 Å². The van der Waals surface area contributed by atoms with Gasteiger partial charge in [0.2, 0.25) is 5.91 Å². The first-order valence-corrected chi connectivity index (χ1v) is 8.87. The molecule has 1 atom stereocenters. The fourth-order valence-electron chi connectivity index (χ4n) is 3.05. The number of amides is 1. The monoisotopic (exact) mass is 356 g/mol. The lowest BCUT2D eigenvalue weighted by Crippen LogP contribution is -2.27. The van der Waals surface area contributed by atoms with E-state index < -0.39 is 11.6 Å². The summed E-state index contributed by atoms with van der Waals surface area (Å²) in [5.74, 6) is -1.43. The highest BCUT2D eigenvalue weighted by molar-refractivity contribution is 8.00. The number of fused-ring (bicyclic) bond motifs is 1. The summed E-state index contributed by atoms with van der Waals surface area (Å²) in [6.07, 6.45) is 1.73. The first kappa shape index (κ1) is 16.0. The van der Waals surface area contributed by atoms with Gasteiger partial charge in [0.05, 0.1) is 11.3 Å². The molecule has 0 N–H and O–H groups in total. The van der Waals surface area contributed by atoms with Gasteiger partial charge in [-0.1, -0.05) is 24.3 Å². The molecule has 3 aromatic rings. The molecule has 126 valence electrons. The molecule has 0 radical (unpaired) electrons. The minimum absolute atomic E-state index is 0.0133. The molecule has 1 saturated heterocycles. The normalized spacial score (nSPS) is 17.4. The molecule has 25 heavy (non-hydrogen) atoms. The smallest absolute Gasteiger partial charge is 0.234 e. The van der Waals surface area contributed by atoms with Crippen molar-refractivity contribution in [3.05, 3.63) is 77.5 Å². The molecule has 1 aromatic heterocycles. The third-order valence-electron chi connectivity index (χ3n) is 4.25. The summed E-state index contributed by atoms with van der Waals surface area (Å²) in [7, 11) is 0. The summed E-state index contributed by atoms with van der Waals surface area (Å²) in [5, 5.41) is 0.820. The van der Waals surface area contributed by atoms with Crippen molar-refractivity contribution < 1.29 is 13.6 Å². The maximum atomic E-state index is 13.5. The van der Waals surface area contributed by atoms with Crippen molar-refractivity contribution in [2.24, 2.45) is 0 Å². The number of carbonyl (C=O) groups excluding carboxylic acids is 1. The largest absolute Gasteiger partial charge is 0.321 e. The minimum Gasteiger partial charge on any atom is -0.321 e. The highest BCUT2D eigenvalue weighted by Crippen LogP contribution is 2.41. The summed E-state index contributed by atoms with van der Waals surface area (Å²) in [4.78, 5) is 18.4. The molecule has 2 aromatic carbocycles. The zero-order valence-corrected chi connectivity index (χ0v) is 14.0. The van der Waals surface area contributed by atoms with Crippen LogP contribution in [0.2, 0.25) is 0 Å². The quantitative estimate of drug-likeness (QED) is 0.702. The van der Waals surface area contributed by atoms with E-state index in [1.54, 1.807) is 11.1 Å². The van der Waals surface area contributed by atoms with Crippen molar-refractivity contribution >= 4 is 28.6 Å². The van der Waals surface area contributed by atoms with Crippen LogP contribution in [0.15, 0.2) is 54.7 Å². The zero-order chi connectivity index (χ0) is 17.4. The Hall–Kier alpha value is -2.47. The van der Waals surface area contributed by atoms with Crippen LogP contribution in [0.4, 0.5) is 8.78 Å². The van der Waals surface area contributed by atoms with Gasteiger partial charge in [-0.2, -0.15) is 0 Å². The van der Waals surface area contributed by atoms with Gasteiger partial charge in [0, 0.05) is 18.1 Å².